The number of rotatable bonds is 2. The van der Waals surface area contributed by atoms with Crippen LogP contribution in [0.1, 0.15) is 46.5 Å². The lowest BCUT2D eigenvalue weighted by molar-refractivity contribution is 0.159. The number of hydrogen-bond donors (Lipinski definition) is 0. The molecule has 1 heterocycles. The summed E-state index contributed by atoms with van der Waals surface area (Å²) in [5, 5.41) is 0. The van der Waals surface area contributed by atoms with Crippen LogP contribution in [0.25, 0.3) is 0 Å². The van der Waals surface area contributed by atoms with Gasteiger partial charge in [0.25, 0.3) is 0 Å². The van der Waals surface area contributed by atoms with Gasteiger partial charge in [0.2, 0.25) is 0 Å². The Kier molecular flexibility index (Phi) is 3.86. The van der Waals surface area contributed by atoms with Crippen LogP contribution in [0, 0.1) is 5.92 Å². The van der Waals surface area contributed by atoms with Gasteiger partial charge in [0, 0.05) is 6.04 Å². The zero-order chi connectivity index (χ0) is 11.5. The molecule has 0 aromatic heterocycles. The van der Waals surface area contributed by atoms with E-state index in [1.807, 2.05) is 0 Å². The second-order valence-corrected chi connectivity index (χ2v) is 5.66. The molecule has 90 valence electrons. The monoisotopic (exact) mass is 219 g/mol. The van der Waals surface area contributed by atoms with Crippen molar-refractivity contribution < 1.29 is 0 Å². The van der Waals surface area contributed by atoms with E-state index in [0.717, 1.165) is 12.0 Å². The van der Waals surface area contributed by atoms with Crippen LogP contribution >= 0.6 is 0 Å². The minimum Gasteiger partial charge on any atom is -0.301 e. The van der Waals surface area contributed by atoms with Crippen molar-refractivity contribution >= 4 is 0 Å². The summed E-state index contributed by atoms with van der Waals surface area (Å²) >= 11 is 0. The summed E-state index contributed by atoms with van der Waals surface area (Å²) in [6.07, 6.45) is 10.1. The molecule has 1 heteroatoms. The predicted octanol–water partition coefficient (Wildman–Crippen LogP) is 3.77. The summed E-state index contributed by atoms with van der Waals surface area (Å²) in [5.74, 6) is 0.874. The van der Waals surface area contributed by atoms with E-state index >= 15 is 0 Å². The number of piperidine rings is 1. The minimum atomic E-state index is 0.725. The largest absolute Gasteiger partial charge is 0.301 e. The van der Waals surface area contributed by atoms with Gasteiger partial charge in [-0.25, -0.2) is 0 Å². The van der Waals surface area contributed by atoms with Crippen LogP contribution in [0.15, 0.2) is 23.3 Å². The van der Waals surface area contributed by atoms with E-state index in [4.69, 9.17) is 0 Å². The quantitative estimate of drug-likeness (QED) is 0.683. The Bertz CT molecular complexity index is 291. The van der Waals surface area contributed by atoms with Crippen molar-refractivity contribution in [2.24, 2.45) is 5.92 Å². The molecule has 1 aliphatic heterocycles. The first kappa shape index (κ1) is 11.9. The molecule has 1 aliphatic carbocycles. The van der Waals surface area contributed by atoms with E-state index in [0.29, 0.717) is 0 Å². The van der Waals surface area contributed by atoms with Crippen LogP contribution in [0.4, 0.5) is 0 Å². The number of hydrogen-bond acceptors (Lipinski definition) is 1. The van der Waals surface area contributed by atoms with Crippen LogP contribution in [-0.4, -0.2) is 24.0 Å². The van der Waals surface area contributed by atoms with Crippen molar-refractivity contribution in [2.45, 2.75) is 52.5 Å². The van der Waals surface area contributed by atoms with Gasteiger partial charge in [-0.1, -0.05) is 23.3 Å². The molecule has 2 aliphatic rings. The minimum absolute atomic E-state index is 0.725. The van der Waals surface area contributed by atoms with Crippen molar-refractivity contribution in [3.8, 4) is 0 Å². The Morgan fingerprint density at radius 1 is 1.12 bits per heavy atom. The number of allylic oxidation sites excluding steroid dienone is 4. The topological polar surface area (TPSA) is 3.24 Å². The van der Waals surface area contributed by atoms with Gasteiger partial charge in [-0.3, -0.25) is 0 Å². The van der Waals surface area contributed by atoms with Crippen molar-refractivity contribution in [1.29, 1.82) is 0 Å². The van der Waals surface area contributed by atoms with Gasteiger partial charge >= 0.3 is 0 Å². The van der Waals surface area contributed by atoms with E-state index in [-0.39, 0.29) is 0 Å². The molecule has 2 rings (SSSR count). The lowest BCUT2D eigenvalue weighted by Crippen LogP contribution is -2.38. The highest BCUT2D eigenvalue weighted by Gasteiger charge is 2.23. The van der Waals surface area contributed by atoms with Gasteiger partial charge in [0.1, 0.15) is 0 Å². The molecule has 0 saturated carbocycles. The van der Waals surface area contributed by atoms with Crippen molar-refractivity contribution in [3.05, 3.63) is 23.3 Å². The summed E-state index contributed by atoms with van der Waals surface area (Å²) in [6, 6.07) is 0.725. The third-order valence-electron chi connectivity index (χ3n) is 4.17. The molecular formula is C15H25N. The van der Waals surface area contributed by atoms with E-state index in [1.165, 1.54) is 38.8 Å². The van der Waals surface area contributed by atoms with Gasteiger partial charge in [-0.2, -0.15) is 0 Å². The molecule has 16 heavy (non-hydrogen) atoms. The first-order valence-corrected chi connectivity index (χ1v) is 6.77. The maximum Gasteiger partial charge on any atom is 0.00385 e. The molecule has 0 aromatic carbocycles. The summed E-state index contributed by atoms with van der Waals surface area (Å²) < 4.78 is 0. The van der Waals surface area contributed by atoms with Gasteiger partial charge in [-0.15, -0.1) is 0 Å². The standard InChI is InChI=1S/C15H25N/c1-12(2)16-10-8-15(9-11-16)14-6-4-13(3)5-7-14/h4,6,12,15H,5,7-11H2,1-3H3. The molecule has 0 unspecified atom stereocenters. The molecule has 0 N–H and O–H groups in total. The molecule has 1 saturated heterocycles. The molecule has 0 radical (unpaired) electrons. The Morgan fingerprint density at radius 3 is 2.31 bits per heavy atom. The van der Waals surface area contributed by atoms with Crippen molar-refractivity contribution in [3.63, 3.8) is 0 Å². The fraction of sp³-hybridized carbons (Fsp3) is 0.733. The lowest BCUT2D eigenvalue weighted by atomic mass is 9.83. The van der Waals surface area contributed by atoms with Crippen LogP contribution in [0.2, 0.25) is 0 Å². The summed E-state index contributed by atoms with van der Waals surface area (Å²) in [4.78, 5) is 2.61. The van der Waals surface area contributed by atoms with Crippen LogP contribution in [0.5, 0.6) is 0 Å². The van der Waals surface area contributed by atoms with E-state index in [1.54, 1.807) is 11.1 Å². The first-order chi connectivity index (χ1) is 7.66. The summed E-state index contributed by atoms with van der Waals surface area (Å²) in [5.41, 5.74) is 3.26. The van der Waals surface area contributed by atoms with Crippen molar-refractivity contribution in [2.75, 3.05) is 13.1 Å². The Hall–Kier alpha value is -0.560. The van der Waals surface area contributed by atoms with Gasteiger partial charge in [-0.05, 0) is 65.5 Å². The first-order valence-electron chi connectivity index (χ1n) is 6.77. The number of likely N-dealkylation sites (tertiary alicyclic amines) is 1. The molecule has 0 amide bonds. The summed E-state index contributed by atoms with van der Waals surface area (Å²) in [6.45, 7) is 9.46. The highest BCUT2D eigenvalue weighted by molar-refractivity contribution is 5.24. The smallest absolute Gasteiger partial charge is 0.00385 e. The fourth-order valence-electron chi connectivity index (χ4n) is 2.88. The second-order valence-electron chi connectivity index (χ2n) is 5.66. The van der Waals surface area contributed by atoms with Crippen LogP contribution in [0.3, 0.4) is 0 Å². The molecule has 1 nitrogen and oxygen atoms in total. The highest BCUT2D eigenvalue weighted by Crippen LogP contribution is 2.31. The molecule has 1 fully saturated rings. The van der Waals surface area contributed by atoms with Crippen LogP contribution < -0.4 is 0 Å². The number of nitrogens with zero attached hydrogens (tertiary/aromatic N) is 1. The Labute approximate surface area is 100 Å². The lowest BCUT2D eigenvalue weighted by Gasteiger charge is -2.36. The SMILES string of the molecule is CC1=CC=C(C2CCN(C(C)C)CC2)CC1. The zero-order valence-corrected chi connectivity index (χ0v) is 11.0. The highest BCUT2D eigenvalue weighted by atomic mass is 15.1. The maximum atomic E-state index is 2.61. The second kappa shape index (κ2) is 5.18. The Morgan fingerprint density at radius 2 is 1.81 bits per heavy atom. The maximum absolute atomic E-state index is 2.61. The average Bonchev–Trinajstić information content (AvgIpc) is 2.30. The molecule has 0 atom stereocenters. The molecule has 0 aromatic rings. The third kappa shape index (κ3) is 2.76. The Balaban J connectivity index is 1.90. The normalized spacial score (nSPS) is 24.5. The predicted molar refractivity (Wildman–Crippen MR) is 70.5 cm³/mol. The zero-order valence-electron chi connectivity index (χ0n) is 11.0. The fourth-order valence-corrected chi connectivity index (χ4v) is 2.88. The van der Waals surface area contributed by atoms with Crippen LogP contribution in [-0.2, 0) is 0 Å². The molecule has 0 spiro atoms. The average molecular weight is 219 g/mol. The van der Waals surface area contributed by atoms with E-state index < -0.39 is 0 Å². The van der Waals surface area contributed by atoms with E-state index in [9.17, 15) is 0 Å². The molecular weight excluding hydrogens is 194 g/mol. The van der Waals surface area contributed by atoms with Gasteiger partial charge in [0.15, 0.2) is 0 Å². The van der Waals surface area contributed by atoms with Gasteiger partial charge < -0.3 is 4.90 Å². The van der Waals surface area contributed by atoms with E-state index in [2.05, 4.69) is 37.8 Å². The molecule has 0 bridgehead atoms. The van der Waals surface area contributed by atoms with Crippen molar-refractivity contribution in [1.82, 2.24) is 4.90 Å². The van der Waals surface area contributed by atoms with Gasteiger partial charge in [0.05, 0.1) is 0 Å². The summed E-state index contributed by atoms with van der Waals surface area (Å²) in [7, 11) is 0. The third-order valence-corrected chi connectivity index (χ3v) is 4.17.